The van der Waals surface area contributed by atoms with E-state index in [0.717, 1.165) is 24.2 Å². The van der Waals surface area contributed by atoms with Crippen molar-refractivity contribution in [2.45, 2.75) is 128 Å². The summed E-state index contributed by atoms with van der Waals surface area (Å²) in [7, 11) is 2.47. The number of oxazole rings is 1. The number of likely N-dealkylation sites (N-methyl/N-ethyl adjacent to an activating group) is 1. The molecule has 10 nitrogen and oxygen atoms in total. The van der Waals surface area contributed by atoms with Crippen LogP contribution < -0.4 is 5.32 Å². The van der Waals surface area contributed by atoms with Gasteiger partial charge in [-0.3, -0.25) is 4.79 Å². The van der Waals surface area contributed by atoms with Crippen molar-refractivity contribution in [3.63, 3.8) is 0 Å². The number of esters is 1. The van der Waals surface area contributed by atoms with Crippen molar-refractivity contribution < 1.29 is 32.3 Å². The second-order valence-electron chi connectivity index (χ2n) is 12.5. The molecule has 1 amide bonds. The van der Waals surface area contributed by atoms with Crippen LogP contribution in [0, 0.1) is 0 Å². The minimum Gasteiger partial charge on any atom is -0.464 e. The van der Waals surface area contributed by atoms with Crippen LogP contribution in [0.15, 0.2) is 10.7 Å². The van der Waals surface area contributed by atoms with E-state index in [1.54, 1.807) is 7.11 Å². The molecule has 0 spiro atoms. The molecule has 0 aromatic carbocycles. The Balaban J connectivity index is 3.49. The highest BCUT2D eigenvalue weighted by atomic mass is 28.4. The van der Waals surface area contributed by atoms with E-state index >= 15 is 0 Å². The predicted octanol–water partition coefficient (Wildman–Crippen LogP) is 6.21. The molecule has 0 saturated carbocycles. The molecule has 12 heteroatoms. The number of hydrogen-bond donors (Lipinski definition) is 1. The van der Waals surface area contributed by atoms with Gasteiger partial charge in [0.15, 0.2) is 34.3 Å². The van der Waals surface area contributed by atoms with Crippen molar-refractivity contribution in [2.24, 2.45) is 0 Å². The molecule has 1 heterocycles. The van der Waals surface area contributed by atoms with Crippen molar-refractivity contribution in [3.05, 3.63) is 17.8 Å². The third-order valence-electron chi connectivity index (χ3n) is 9.38. The number of carbonyl (C=O) groups is 2. The third kappa shape index (κ3) is 10.2. The molecule has 43 heavy (non-hydrogen) atoms. The summed E-state index contributed by atoms with van der Waals surface area (Å²) in [5.41, 5.74) is 0.839. The summed E-state index contributed by atoms with van der Waals surface area (Å²) < 4.78 is 30.4. The summed E-state index contributed by atoms with van der Waals surface area (Å²) in [6, 6.07) is 3.54. The first-order chi connectivity index (χ1) is 20.2. The molecule has 0 radical (unpaired) electrons. The summed E-state index contributed by atoms with van der Waals surface area (Å²) in [6.45, 7) is 20.5. The number of nitrogens with one attached hydrogen (secondary N) is 1. The normalized spacial score (nSPS) is 15.5. The zero-order valence-corrected chi connectivity index (χ0v) is 31.2. The van der Waals surface area contributed by atoms with E-state index in [9.17, 15) is 9.59 Å². The average Bonchev–Trinajstić information content (AvgIpc) is 3.48. The number of ether oxygens (including phenoxy) is 2. The molecule has 1 rings (SSSR count). The lowest BCUT2D eigenvalue weighted by Crippen LogP contribution is -2.62. The van der Waals surface area contributed by atoms with E-state index in [1.165, 1.54) is 13.4 Å². The van der Waals surface area contributed by atoms with Crippen LogP contribution in [-0.2, 0) is 23.1 Å². The van der Waals surface area contributed by atoms with Crippen LogP contribution in [0.2, 0.25) is 35.3 Å². The molecule has 0 aliphatic carbocycles. The number of nitrogens with zero attached hydrogens (tertiary/aromatic N) is 2. The summed E-state index contributed by atoms with van der Waals surface area (Å²) in [5.74, 6) is -0.401. The highest BCUT2D eigenvalue weighted by Crippen LogP contribution is 2.37. The van der Waals surface area contributed by atoms with Crippen LogP contribution in [0.4, 0.5) is 0 Å². The molecule has 0 saturated heterocycles. The lowest BCUT2D eigenvalue weighted by atomic mass is 10.0. The van der Waals surface area contributed by atoms with E-state index in [-0.39, 0.29) is 23.6 Å². The Morgan fingerprint density at radius 3 is 1.91 bits per heavy atom. The number of amides is 1. The van der Waals surface area contributed by atoms with Crippen LogP contribution in [0.5, 0.6) is 0 Å². The van der Waals surface area contributed by atoms with Crippen molar-refractivity contribution in [1.82, 2.24) is 15.2 Å². The zero-order valence-electron chi connectivity index (χ0n) is 29.2. The topological polar surface area (TPSA) is 112 Å². The Morgan fingerprint density at radius 1 is 0.930 bits per heavy atom. The number of aromatic nitrogens is 1. The summed E-state index contributed by atoms with van der Waals surface area (Å²) in [5, 5.41) is 3.17. The highest BCUT2D eigenvalue weighted by Gasteiger charge is 2.48. The molecule has 1 aromatic rings. The fourth-order valence-electron chi connectivity index (χ4n) is 5.93. The van der Waals surface area contributed by atoms with Gasteiger partial charge in [-0.25, -0.2) is 9.78 Å². The molecule has 0 bridgehead atoms. The molecule has 0 unspecified atom stereocenters. The van der Waals surface area contributed by atoms with Gasteiger partial charge in [-0.1, -0.05) is 62.3 Å². The Morgan fingerprint density at radius 2 is 1.47 bits per heavy atom. The van der Waals surface area contributed by atoms with E-state index in [0.29, 0.717) is 36.5 Å². The molecule has 1 aromatic heterocycles. The Labute approximate surface area is 263 Å². The minimum absolute atomic E-state index is 0.121. The summed E-state index contributed by atoms with van der Waals surface area (Å²) in [4.78, 5) is 32.5. The summed E-state index contributed by atoms with van der Waals surface area (Å²) >= 11 is 0. The first kappa shape index (κ1) is 39.4. The van der Waals surface area contributed by atoms with Crippen LogP contribution in [-0.4, -0.2) is 98.1 Å². The molecule has 0 aliphatic heterocycles. The van der Waals surface area contributed by atoms with Crippen LogP contribution in [0.25, 0.3) is 0 Å². The van der Waals surface area contributed by atoms with Gasteiger partial charge in [0.05, 0.1) is 25.9 Å². The zero-order chi connectivity index (χ0) is 33.0. The van der Waals surface area contributed by atoms with Crippen molar-refractivity contribution >= 4 is 28.5 Å². The van der Waals surface area contributed by atoms with E-state index < -0.39 is 34.8 Å². The van der Waals surface area contributed by atoms with Crippen molar-refractivity contribution in [2.75, 3.05) is 41.5 Å². The molecule has 4 atom stereocenters. The van der Waals surface area contributed by atoms with Gasteiger partial charge in [0, 0.05) is 19.6 Å². The fourth-order valence-corrected chi connectivity index (χ4v) is 13.0. The van der Waals surface area contributed by atoms with Gasteiger partial charge in [-0.15, -0.1) is 0 Å². The van der Waals surface area contributed by atoms with Gasteiger partial charge in [0.1, 0.15) is 6.26 Å². The van der Waals surface area contributed by atoms with Crippen LogP contribution >= 0.6 is 0 Å². The van der Waals surface area contributed by atoms with Gasteiger partial charge in [-0.05, 0) is 55.8 Å². The Kier molecular flexibility index (Phi) is 16.9. The number of carbonyl (C=O) groups excluding carboxylic acids is 2. The standard InChI is InChI=1S/C31H61N3O7Si2/c1-14-42(15-2,22(5)6)40-27(26(21-37-12)34(10)11)28(41-43(16-3,17-4)23(7)8)29(35)32-19-18-24(9)30-33-25(20-39-30)31(36)38-13/h20,22-24,26-28H,14-19,21H2,1-13H3,(H,32,35)/t24-,26-,27-,28-/m1/s1. The molecular formula is C31H61N3O7Si2. The molecular weight excluding hydrogens is 583 g/mol. The summed E-state index contributed by atoms with van der Waals surface area (Å²) in [6.07, 6.45) is 0.586. The van der Waals surface area contributed by atoms with Gasteiger partial charge in [0.2, 0.25) is 0 Å². The van der Waals surface area contributed by atoms with Crippen LogP contribution in [0.3, 0.4) is 0 Å². The van der Waals surface area contributed by atoms with Crippen molar-refractivity contribution in [1.29, 1.82) is 0 Å². The quantitative estimate of drug-likeness (QED) is 0.123. The number of rotatable bonds is 21. The van der Waals surface area contributed by atoms with Gasteiger partial charge < -0.3 is 33.0 Å². The number of hydrogen-bond acceptors (Lipinski definition) is 9. The molecule has 1 N–H and O–H groups in total. The molecule has 0 aliphatic rings. The molecule has 0 fully saturated rings. The second kappa shape index (κ2) is 18.4. The van der Waals surface area contributed by atoms with Gasteiger partial charge >= 0.3 is 5.97 Å². The first-order valence-corrected chi connectivity index (χ1v) is 20.8. The first-order valence-electron chi connectivity index (χ1n) is 16.0. The smallest absolute Gasteiger partial charge is 0.360 e. The lowest BCUT2D eigenvalue weighted by molar-refractivity contribution is -0.136. The Bertz CT molecular complexity index is 965. The largest absolute Gasteiger partial charge is 0.464 e. The fraction of sp³-hybridized carbons (Fsp3) is 0.839. The predicted molar refractivity (Wildman–Crippen MR) is 177 cm³/mol. The maximum absolute atomic E-state index is 14.3. The molecule has 250 valence electrons. The number of methoxy groups -OCH3 is 2. The SMILES string of the molecule is CC[Si](CC)(O[C@H]([C@@H](COC)N(C)C)[C@@H](O[Si](CC)(CC)C(C)C)C(=O)NCC[C@@H](C)c1nc(C(=O)OC)co1)C(C)C. The minimum atomic E-state index is -2.31. The van der Waals surface area contributed by atoms with Crippen LogP contribution in [0.1, 0.15) is 91.0 Å². The van der Waals surface area contributed by atoms with Crippen molar-refractivity contribution in [3.8, 4) is 0 Å². The highest BCUT2D eigenvalue weighted by molar-refractivity contribution is 6.75. The Hall–Kier alpha value is -1.58. The second-order valence-corrected chi connectivity index (χ2v) is 22.4. The van der Waals surface area contributed by atoms with Gasteiger partial charge in [-0.2, -0.15) is 0 Å². The third-order valence-corrected chi connectivity index (χ3v) is 19.8. The monoisotopic (exact) mass is 643 g/mol. The maximum atomic E-state index is 14.3. The van der Waals surface area contributed by atoms with E-state index in [4.69, 9.17) is 22.7 Å². The van der Waals surface area contributed by atoms with Gasteiger partial charge in [0.25, 0.3) is 5.91 Å². The lowest BCUT2D eigenvalue weighted by Gasteiger charge is -2.46. The van der Waals surface area contributed by atoms with E-state index in [1.807, 2.05) is 21.0 Å². The maximum Gasteiger partial charge on any atom is 0.360 e. The average molecular weight is 644 g/mol. The van der Waals surface area contributed by atoms with E-state index in [2.05, 4.69) is 70.6 Å².